The van der Waals surface area contributed by atoms with Gasteiger partial charge in [-0.05, 0) is 36.4 Å². The van der Waals surface area contributed by atoms with E-state index in [2.05, 4.69) is 10.3 Å². The number of rotatable bonds is 3. The normalized spacial score (nSPS) is 10.1. The smallest absolute Gasteiger partial charge is 0.221 e. The van der Waals surface area contributed by atoms with Crippen LogP contribution in [0.25, 0.3) is 0 Å². The van der Waals surface area contributed by atoms with Gasteiger partial charge >= 0.3 is 0 Å². The highest BCUT2D eigenvalue weighted by Gasteiger charge is 2.00. The largest absolute Gasteiger partial charge is 0.326 e. The average Bonchev–Trinajstić information content (AvgIpc) is 2.31. The number of nitrogens with one attached hydrogen (secondary N) is 1. The summed E-state index contributed by atoms with van der Waals surface area (Å²) in [4.78, 5) is 16.9. The van der Waals surface area contributed by atoms with Crippen LogP contribution in [0.1, 0.15) is 6.92 Å². The zero-order chi connectivity index (χ0) is 13.0. The van der Waals surface area contributed by atoms with E-state index in [1.807, 2.05) is 36.4 Å². The molecule has 0 bridgehead atoms. The van der Waals surface area contributed by atoms with Crippen LogP contribution < -0.4 is 5.32 Å². The molecule has 0 aliphatic heterocycles. The second-order valence-corrected chi connectivity index (χ2v) is 5.16. The molecule has 92 valence electrons. The van der Waals surface area contributed by atoms with Crippen molar-refractivity contribution >= 4 is 35.0 Å². The van der Waals surface area contributed by atoms with E-state index in [1.54, 1.807) is 18.0 Å². The van der Waals surface area contributed by atoms with Crippen molar-refractivity contribution < 1.29 is 4.79 Å². The molecule has 1 heterocycles. The van der Waals surface area contributed by atoms with Gasteiger partial charge in [0.1, 0.15) is 5.15 Å². The molecule has 1 aromatic heterocycles. The van der Waals surface area contributed by atoms with Crippen molar-refractivity contribution in [2.24, 2.45) is 0 Å². The quantitative estimate of drug-likeness (QED) is 0.867. The molecule has 2 aromatic rings. The molecule has 1 amide bonds. The molecule has 1 aromatic carbocycles. The minimum atomic E-state index is -0.0729. The fourth-order valence-corrected chi connectivity index (χ4v) is 2.48. The number of benzene rings is 1. The predicted octanol–water partition coefficient (Wildman–Crippen LogP) is 3.84. The van der Waals surface area contributed by atoms with Gasteiger partial charge in [-0.25, -0.2) is 4.98 Å². The van der Waals surface area contributed by atoms with Crippen LogP contribution in [0.2, 0.25) is 5.15 Å². The van der Waals surface area contributed by atoms with E-state index in [1.165, 1.54) is 6.92 Å². The Kier molecular flexibility index (Phi) is 4.23. The van der Waals surface area contributed by atoms with Crippen molar-refractivity contribution in [3.63, 3.8) is 0 Å². The molecule has 0 atom stereocenters. The van der Waals surface area contributed by atoms with Gasteiger partial charge < -0.3 is 5.32 Å². The SMILES string of the molecule is CC(=O)Nc1ccc(Sc2ccnc(Cl)c2)cc1. The molecule has 0 aliphatic carbocycles. The maximum absolute atomic E-state index is 10.9. The van der Waals surface area contributed by atoms with Crippen molar-refractivity contribution in [3.8, 4) is 0 Å². The number of anilines is 1. The van der Waals surface area contributed by atoms with Gasteiger partial charge in [0, 0.05) is 28.6 Å². The summed E-state index contributed by atoms with van der Waals surface area (Å²) >= 11 is 7.41. The Morgan fingerprint density at radius 2 is 1.94 bits per heavy atom. The first kappa shape index (κ1) is 12.9. The summed E-state index contributed by atoms with van der Waals surface area (Å²) in [7, 11) is 0. The second kappa shape index (κ2) is 5.89. The Hall–Kier alpha value is -1.52. The highest BCUT2D eigenvalue weighted by Crippen LogP contribution is 2.29. The van der Waals surface area contributed by atoms with Crippen LogP contribution in [0.5, 0.6) is 0 Å². The highest BCUT2D eigenvalue weighted by atomic mass is 35.5. The van der Waals surface area contributed by atoms with E-state index >= 15 is 0 Å². The number of hydrogen-bond acceptors (Lipinski definition) is 3. The molecule has 0 unspecified atom stereocenters. The van der Waals surface area contributed by atoms with E-state index in [0.29, 0.717) is 5.15 Å². The number of amides is 1. The lowest BCUT2D eigenvalue weighted by atomic mass is 10.3. The van der Waals surface area contributed by atoms with Gasteiger partial charge in [-0.3, -0.25) is 4.79 Å². The molecule has 2 rings (SSSR count). The number of pyridine rings is 1. The number of halogens is 1. The van der Waals surface area contributed by atoms with Crippen LogP contribution in [-0.2, 0) is 4.79 Å². The van der Waals surface area contributed by atoms with Crippen LogP contribution in [-0.4, -0.2) is 10.9 Å². The summed E-state index contributed by atoms with van der Waals surface area (Å²) in [6, 6.07) is 11.3. The summed E-state index contributed by atoms with van der Waals surface area (Å²) in [5.41, 5.74) is 0.791. The Morgan fingerprint density at radius 1 is 1.22 bits per heavy atom. The number of carbonyl (C=O) groups is 1. The van der Waals surface area contributed by atoms with E-state index in [9.17, 15) is 4.79 Å². The summed E-state index contributed by atoms with van der Waals surface area (Å²) in [5, 5.41) is 3.21. The van der Waals surface area contributed by atoms with Gasteiger partial charge in [0.2, 0.25) is 5.91 Å². The van der Waals surface area contributed by atoms with Crippen molar-refractivity contribution in [2.75, 3.05) is 5.32 Å². The molecular weight excluding hydrogens is 268 g/mol. The van der Waals surface area contributed by atoms with Crippen molar-refractivity contribution in [1.82, 2.24) is 4.98 Å². The van der Waals surface area contributed by atoms with Crippen LogP contribution >= 0.6 is 23.4 Å². The third-order valence-corrected chi connectivity index (χ3v) is 3.31. The zero-order valence-electron chi connectivity index (χ0n) is 9.68. The van der Waals surface area contributed by atoms with E-state index in [-0.39, 0.29) is 5.91 Å². The van der Waals surface area contributed by atoms with Crippen molar-refractivity contribution in [1.29, 1.82) is 0 Å². The van der Waals surface area contributed by atoms with Gasteiger partial charge in [-0.2, -0.15) is 0 Å². The fourth-order valence-electron chi connectivity index (χ4n) is 1.39. The monoisotopic (exact) mass is 278 g/mol. The minimum absolute atomic E-state index is 0.0729. The number of nitrogens with zero attached hydrogens (tertiary/aromatic N) is 1. The van der Waals surface area contributed by atoms with Crippen LogP contribution in [0.3, 0.4) is 0 Å². The maximum atomic E-state index is 10.9. The van der Waals surface area contributed by atoms with Gasteiger partial charge in [-0.1, -0.05) is 23.4 Å². The topological polar surface area (TPSA) is 42.0 Å². The summed E-state index contributed by atoms with van der Waals surface area (Å²) in [6.45, 7) is 1.49. The molecule has 5 heteroatoms. The van der Waals surface area contributed by atoms with Gasteiger partial charge in [0.05, 0.1) is 0 Å². The predicted molar refractivity (Wildman–Crippen MR) is 74.1 cm³/mol. The summed E-state index contributed by atoms with van der Waals surface area (Å²) < 4.78 is 0. The lowest BCUT2D eigenvalue weighted by molar-refractivity contribution is -0.114. The molecule has 1 N–H and O–H groups in total. The molecule has 0 radical (unpaired) electrons. The molecule has 0 saturated heterocycles. The summed E-state index contributed by atoms with van der Waals surface area (Å²) in [6.07, 6.45) is 1.68. The Morgan fingerprint density at radius 3 is 2.56 bits per heavy atom. The summed E-state index contributed by atoms with van der Waals surface area (Å²) in [5.74, 6) is -0.0729. The third-order valence-electron chi connectivity index (χ3n) is 2.11. The highest BCUT2D eigenvalue weighted by molar-refractivity contribution is 7.99. The van der Waals surface area contributed by atoms with E-state index < -0.39 is 0 Å². The first-order valence-corrected chi connectivity index (χ1v) is 6.50. The molecular formula is C13H11ClN2OS. The molecule has 18 heavy (non-hydrogen) atoms. The molecule has 0 saturated carbocycles. The Balaban J connectivity index is 2.08. The molecule has 0 aliphatic rings. The number of aromatic nitrogens is 1. The van der Waals surface area contributed by atoms with Gasteiger partial charge in [0.25, 0.3) is 0 Å². The van der Waals surface area contributed by atoms with Crippen molar-refractivity contribution in [2.45, 2.75) is 16.7 Å². The Labute approximate surface area is 115 Å². The number of hydrogen-bond donors (Lipinski definition) is 1. The van der Waals surface area contributed by atoms with Crippen LogP contribution in [0.4, 0.5) is 5.69 Å². The third kappa shape index (κ3) is 3.75. The molecule has 3 nitrogen and oxygen atoms in total. The minimum Gasteiger partial charge on any atom is -0.326 e. The molecule has 0 spiro atoms. The maximum Gasteiger partial charge on any atom is 0.221 e. The van der Waals surface area contributed by atoms with Crippen LogP contribution in [0.15, 0.2) is 52.4 Å². The van der Waals surface area contributed by atoms with Gasteiger partial charge in [0.15, 0.2) is 0 Å². The van der Waals surface area contributed by atoms with E-state index in [4.69, 9.17) is 11.6 Å². The average molecular weight is 279 g/mol. The first-order valence-electron chi connectivity index (χ1n) is 5.30. The number of carbonyl (C=O) groups excluding carboxylic acids is 1. The molecule has 0 fully saturated rings. The van der Waals surface area contributed by atoms with Crippen molar-refractivity contribution in [3.05, 3.63) is 47.7 Å². The lowest BCUT2D eigenvalue weighted by Gasteiger charge is -2.04. The fraction of sp³-hybridized carbons (Fsp3) is 0.0769. The second-order valence-electron chi connectivity index (χ2n) is 3.62. The Bertz CT molecular complexity index is 557. The van der Waals surface area contributed by atoms with E-state index in [0.717, 1.165) is 15.5 Å². The standard InChI is InChI=1S/C13H11ClN2OS/c1-9(17)16-10-2-4-11(5-3-10)18-12-6-7-15-13(14)8-12/h2-8H,1H3,(H,16,17). The zero-order valence-corrected chi connectivity index (χ0v) is 11.3. The van der Waals surface area contributed by atoms with Crippen LogP contribution in [0, 0.1) is 0 Å². The van der Waals surface area contributed by atoms with Gasteiger partial charge in [-0.15, -0.1) is 0 Å². The first-order chi connectivity index (χ1) is 8.63. The lowest BCUT2D eigenvalue weighted by Crippen LogP contribution is -2.05.